The van der Waals surface area contributed by atoms with Crippen molar-refractivity contribution in [2.24, 2.45) is 0 Å². The Bertz CT molecular complexity index is 1070. The van der Waals surface area contributed by atoms with Crippen LogP contribution in [0.4, 0.5) is 0 Å². The molecule has 1 heterocycles. The van der Waals surface area contributed by atoms with Crippen LogP contribution < -0.4 is 4.74 Å². The molecule has 0 aliphatic carbocycles. The number of rotatable bonds is 4. The van der Waals surface area contributed by atoms with Crippen molar-refractivity contribution in [1.29, 1.82) is 0 Å². The fraction of sp³-hybridized carbons (Fsp3) is 0.0476. The molecule has 1 aromatic heterocycles. The Kier molecular flexibility index (Phi) is 4.37. The highest BCUT2D eigenvalue weighted by Gasteiger charge is 2.15. The summed E-state index contributed by atoms with van der Waals surface area (Å²) in [5.74, 6) is 1.59. The fourth-order valence-electron chi connectivity index (χ4n) is 2.84. The van der Waals surface area contributed by atoms with Crippen molar-refractivity contribution >= 4 is 12.2 Å². The Balaban J connectivity index is 1.96. The predicted molar refractivity (Wildman–Crippen MR) is 106 cm³/mol. The summed E-state index contributed by atoms with van der Waals surface area (Å²) in [7, 11) is 1.66. The zero-order chi connectivity index (χ0) is 17.9. The molecule has 0 aliphatic rings. The molecule has 0 radical (unpaired) electrons. The lowest BCUT2D eigenvalue weighted by molar-refractivity contribution is 0.415. The van der Waals surface area contributed by atoms with Crippen LogP contribution in [0.25, 0.3) is 22.8 Å². The second kappa shape index (κ2) is 6.98. The fourth-order valence-corrected chi connectivity index (χ4v) is 3.18. The van der Waals surface area contributed by atoms with E-state index in [1.54, 1.807) is 11.8 Å². The Labute approximate surface area is 156 Å². The van der Waals surface area contributed by atoms with Gasteiger partial charge in [0.2, 0.25) is 4.77 Å². The van der Waals surface area contributed by atoms with Gasteiger partial charge in [0.1, 0.15) is 5.75 Å². The molecule has 0 atom stereocenters. The summed E-state index contributed by atoms with van der Waals surface area (Å²) in [4.78, 5) is 0. The first-order chi connectivity index (χ1) is 12.8. The third kappa shape index (κ3) is 2.93. The molecule has 0 amide bonds. The lowest BCUT2D eigenvalue weighted by Gasteiger charge is -2.07. The van der Waals surface area contributed by atoms with Crippen molar-refractivity contribution in [3.05, 3.63) is 89.7 Å². The third-order valence-electron chi connectivity index (χ3n) is 4.14. The first-order valence-electron chi connectivity index (χ1n) is 8.25. The molecule has 0 N–H and O–H groups in total. The lowest BCUT2D eigenvalue weighted by Crippen LogP contribution is -1.99. The van der Waals surface area contributed by atoms with Crippen molar-refractivity contribution in [2.75, 3.05) is 7.11 Å². The molecule has 26 heavy (non-hydrogen) atoms. The zero-order valence-corrected chi connectivity index (χ0v) is 15.1. The van der Waals surface area contributed by atoms with Crippen LogP contribution >= 0.6 is 12.2 Å². The van der Waals surface area contributed by atoms with Gasteiger partial charge in [0.15, 0.2) is 5.82 Å². The van der Waals surface area contributed by atoms with Crippen molar-refractivity contribution < 1.29 is 4.74 Å². The van der Waals surface area contributed by atoms with E-state index in [9.17, 15) is 0 Å². The van der Waals surface area contributed by atoms with Gasteiger partial charge in [-0.2, -0.15) is 0 Å². The minimum atomic E-state index is 0.619. The highest BCUT2D eigenvalue weighted by atomic mass is 32.1. The molecule has 128 valence electrons. The number of nitrogens with zero attached hydrogens (tertiary/aromatic N) is 3. The van der Waals surface area contributed by atoms with Gasteiger partial charge in [-0.25, -0.2) is 4.68 Å². The van der Waals surface area contributed by atoms with E-state index in [0.29, 0.717) is 4.77 Å². The first kappa shape index (κ1) is 16.3. The summed E-state index contributed by atoms with van der Waals surface area (Å²) >= 11 is 5.76. The van der Waals surface area contributed by atoms with Crippen LogP contribution in [0.1, 0.15) is 0 Å². The van der Waals surface area contributed by atoms with Gasteiger partial charge in [-0.05, 0) is 60.7 Å². The molecule has 5 heteroatoms. The van der Waals surface area contributed by atoms with Crippen LogP contribution in [0.2, 0.25) is 0 Å². The van der Waals surface area contributed by atoms with Gasteiger partial charge in [-0.1, -0.05) is 36.4 Å². The molecule has 3 aromatic carbocycles. The maximum atomic E-state index is 5.76. The monoisotopic (exact) mass is 359 g/mol. The Morgan fingerprint density at radius 1 is 0.769 bits per heavy atom. The zero-order valence-electron chi connectivity index (χ0n) is 14.2. The van der Waals surface area contributed by atoms with Gasteiger partial charge in [0, 0.05) is 11.3 Å². The summed E-state index contributed by atoms with van der Waals surface area (Å²) in [5, 5.41) is 4.82. The van der Waals surface area contributed by atoms with Gasteiger partial charge in [-0.15, -0.1) is 5.10 Å². The average molecular weight is 359 g/mol. The van der Waals surface area contributed by atoms with Crippen LogP contribution in [0, 0.1) is 4.77 Å². The molecule has 0 spiro atoms. The molecule has 0 saturated carbocycles. The number of benzene rings is 3. The SMILES string of the molecule is COc1ccc(-c2nn(-c3ccccc3)c(=S)n2-c2ccccc2)cc1. The third-order valence-corrected chi connectivity index (χ3v) is 4.50. The van der Waals surface area contributed by atoms with E-state index in [0.717, 1.165) is 28.5 Å². The van der Waals surface area contributed by atoms with Gasteiger partial charge in [0.05, 0.1) is 12.8 Å². The van der Waals surface area contributed by atoms with Crippen LogP contribution in [-0.4, -0.2) is 21.5 Å². The summed E-state index contributed by atoms with van der Waals surface area (Å²) < 4.78 is 9.67. The largest absolute Gasteiger partial charge is 0.497 e. The molecule has 4 rings (SSSR count). The van der Waals surface area contributed by atoms with E-state index in [2.05, 4.69) is 0 Å². The van der Waals surface area contributed by atoms with Crippen LogP contribution in [0.5, 0.6) is 5.75 Å². The number of para-hydroxylation sites is 2. The number of ether oxygens (including phenoxy) is 1. The van der Waals surface area contributed by atoms with Crippen molar-refractivity contribution in [3.63, 3.8) is 0 Å². The molecular weight excluding hydrogens is 342 g/mol. The standard InChI is InChI=1S/C21H17N3OS/c1-25-19-14-12-16(13-15-19)20-22-24(18-10-6-3-7-11-18)21(26)23(20)17-8-4-2-5-9-17/h2-15H,1H3. The molecule has 0 unspecified atom stereocenters. The minimum absolute atomic E-state index is 0.619. The topological polar surface area (TPSA) is 32.0 Å². The average Bonchev–Trinajstić information content (AvgIpc) is 3.06. The number of methoxy groups -OCH3 is 1. The molecule has 0 saturated heterocycles. The molecule has 4 aromatic rings. The van der Waals surface area contributed by atoms with Crippen molar-refractivity contribution in [1.82, 2.24) is 14.3 Å². The number of hydrogen-bond acceptors (Lipinski definition) is 3. The van der Waals surface area contributed by atoms with Gasteiger partial charge >= 0.3 is 0 Å². The molecule has 0 aliphatic heterocycles. The Hall–Kier alpha value is -3.18. The highest BCUT2D eigenvalue weighted by Crippen LogP contribution is 2.26. The van der Waals surface area contributed by atoms with Crippen LogP contribution in [-0.2, 0) is 0 Å². The summed E-state index contributed by atoms with van der Waals surface area (Å²) in [6.07, 6.45) is 0. The van der Waals surface area contributed by atoms with Gasteiger partial charge < -0.3 is 4.74 Å². The van der Waals surface area contributed by atoms with Gasteiger partial charge in [0.25, 0.3) is 0 Å². The first-order valence-corrected chi connectivity index (χ1v) is 8.66. The van der Waals surface area contributed by atoms with Gasteiger partial charge in [-0.3, -0.25) is 4.57 Å². The molecule has 4 nitrogen and oxygen atoms in total. The maximum absolute atomic E-state index is 5.76. The highest BCUT2D eigenvalue weighted by molar-refractivity contribution is 7.71. The van der Waals surface area contributed by atoms with E-state index >= 15 is 0 Å². The van der Waals surface area contributed by atoms with Crippen LogP contribution in [0.15, 0.2) is 84.9 Å². The van der Waals surface area contributed by atoms with Crippen LogP contribution in [0.3, 0.4) is 0 Å². The summed E-state index contributed by atoms with van der Waals surface area (Å²) in [6.45, 7) is 0. The summed E-state index contributed by atoms with van der Waals surface area (Å²) in [5.41, 5.74) is 2.88. The maximum Gasteiger partial charge on any atom is 0.207 e. The van der Waals surface area contributed by atoms with E-state index in [-0.39, 0.29) is 0 Å². The molecule has 0 fully saturated rings. The van der Waals surface area contributed by atoms with E-state index in [4.69, 9.17) is 22.1 Å². The smallest absolute Gasteiger partial charge is 0.207 e. The molecular formula is C21H17N3OS. The number of hydrogen-bond donors (Lipinski definition) is 0. The predicted octanol–water partition coefficient (Wildman–Crippen LogP) is 5.07. The van der Waals surface area contributed by atoms with Crippen molar-refractivity contribution in [2.45, 2.75) is 0 Å². The minimum Gasteiger partial charge on any atom is -0.497 e. The lowest BCUT2D eigenvalue weighted by atomic mass is 10.2. The van der Waals surface area contributed by atoms with Crippen molar-refractivity contribution in [3.8, 4) is 28.5 Å². The Morgan fingerprint density at radius 3 is 1.92 bits per heavy atom. The van der Waals surface area contributed by atoms with E-state index in [1.807, 2.05) is 89.5 Å². The Morgan fingerprint density at radius 2 is 1.35 bits per heavy atom. The normalized spacial score (nSPS) is 10.7. The second-order valence-corrected chi connectivity index (χ2v) is 6.12. The van der Waals surface area contributed by atoms with E-state index in [1.165, 1.54) is 0 Å². The molecule has 0 bridgehead atoms. The summed E-state index contributed by atoms with van der Waals surface area (Å²) in [6, 6.07) is 27.8. The van der Waals surface area contributed by atoms with E-state index < -0.39 is 0 Å². The quantitative estimate of drug-likeness (QED) is 0.477. The number of aromatic nitrogens is 3. The second-order valence-electron chi connectivity index (χ2n) is 5.75.